The first-order valence-corrected chi connectivity index (χ1v) is 11.1. The van der Waals surface area contributed by atoms with E-state index in [1.54, 1.807) is 55.5 Å². The lowest BCUT2D eigenvalue weighted by molar-refractivity contribution is -0.133. The number of hydrogen-bond acceptors (Lipinski definition) is 5. The van der Waals surface area contributed by atoms with Crippen LogP contribution in [0.3, 0.4) is 0 Å². The van der Waals surface area contributed by atoms with Gasteiger partial charge in [0.05, 0.1) is 24.3 Å². The van der Waals surface area contributed by atoms with Crippen molar-refractivity contribution in [1.29, 1.82) is 0 Å². The Morgan fingerprint density at radius 1 is 1.03 bits per heavy atom. The third kappa shape index (κ3) is 5.21. The van der Waals surface area contributed by atoms with Crippen LogP contribution in [0.15, 0.2) is 54.6 Å². The van der Waals surface area contributed by atoms with Gasteiger partial charge in [0.1, 0.15) is 17.2 Å². The summed E-state index contributed by atoms with van der Waals surface area (Å²) in [6, 6.07) is 15.4. The van der Waals surface area contributed by atoms with Crippen molar-refractivity contribution in [2.75, 3.05) is 26.1 Å². The Balaban J connectivity index is 1.54. The standard InChI is InChI=1S/C25H22Cl2N2O5/c1-32-19-6-3-16(23(11-19)33-2)12-29-13-17-9-18(5-8-22(17)34-14-24(29)30)28-25(31)15-4-7-20(26)21(27)10-15/h3-11H,12-14H2,1-2H3,(H,28,31). The van der Waals surface area contributed by atoms with Crippen molar-refractivity contribution >= 4 is 40.7 Å². The molecule has 0 unspecified atom stereocenters. The van der Waals surface area contributed by atoms with Crippen molar-refractivity contribution in [2.24, 2.45) is 0 Å². The van der Waals surface area contributed by atoms with E-state index in [0.29, 0.717) is 51.6 Å². The van der Waals surface area contributed by atoms with Crippen LogP contribution in [0, 0.1) is 0 Å². The van der Waals surface area contributed by atoms with Gasteiger partial charge in [0.2, 0.25) is 0 Å². The smallest absolute Gasteiger partial charge is 0.261 e. The minimum Gasteiger partial charge on any atom is -0.497 e. The van der Waals surface area contributed by atoms with Crippen molar-refractivity contribution in [2.45, 2.75) is 13.1 Å². The summed E-state index contributed by atoms with van der Waals surface area (Å²) in [4.78, 5) is 27.1. The number of methoxy groups -OCH3 is 2. The highest BCUT2D eigenvalue weighted by molar-refractivity contribution is 6.42. The van der Waals surface area contributed by atoms with Gasteiger partial charge >= 0.3 is 0 Å². The molecule has 34 heavy (non-hydrogen) atoms. The molecule has 1 aliphatic rings. The summed E-state index contributed by atoms with van der Waals surface area (Å²) in [7, 11) is 3.16. The SMILES string of the molecule is COc1ccc(CN2Cc3cc(NC(=O)c4ccc(Cl)c(Cl)c4)ccc3OCC2=O)c(OC)c1. The third-order valence-corrected chi connectivity index (χ3v) is 6.16. The Kier molecular flexibility index (Phi) is 7.14. The van der Waals surface area contributed by atoms with Crippen LogP contribution in [0.5, 0.6) is 17.2 Å². The van der Waals surface area contributed by atoms with Crippen LogP contribution < -0.4 is 19.5 Å². The maximum Gasteiger partial charge on any atom is 0.261 e. The molecule has 9 heteroatoms. The molecule has 0 radical (unpaired) electrons. The number of nitrogens with one attached hydrogen (secondary N) is 1. The second kappa shape index (κ2) is 10.2. The first kappa shape index (κ1) is 23.7. The molecule has 0 atom stereocenters. The molecule has 7 nitrogen and oxygen atoms in total. The summed E-state index contributed by atoms with van der Waals surface area (Å²) in [5, 5.41) is 3.52. The Morgan fingerprint density at radius 2 is 1.85 bits per heavy atom. The zero-order valence-corrected chi connectivity index (χ0v) is 20.1. The molecule has 176 valence electrons. The molecule has 3 aromatic carbocycles. The molecule has 1 N–H and O–H groups in total. The molecule has 0 aromatic heterocycles. The molecule has 0 spiro atoms. The number of ether oxygens (including phenoxy) is 3. The van der Waals surface area contributed by atoms with E-state index in [9.17, 15) is 9.59 Å². The summed E-state index contributed by atoms with van der Waals surface area (Å²) in [5.74, 6) is 1.39. The summed E-state index contributed by atoms with van der Waals surface area (Å²) < 4.78 is 16.4. The van der Waals surface area contributed by atoms with E-state index in [-0.39, 0.29) is 18.4 Å². The number of carbonyl (C=O) groups excluding carboxylic acids is 2. The van der Waals surface area contributed by atoms with E-state index in [1.165, 1.54) is 6.07 Å². The van der Waals surface area contributed by atoms with Crippen LogP contribution in [0.2, 0.25) is 10.0 Å². The molecule has 0 bridgehead atoms. The Morgan fingerprint density at radius 3 is 2.59 bits per heavy atom. The van der Waals surface area contributed by atoms with Gasteiger partial charge in [-0.15, -0.1) is 0 Å². The number of halogens is 2. The lowest BCUT2D eigenvalue weighted by atomic mass is 10.1. The van der Waals surface area contributed by atoms with Crippen LogP contribution in [-0.4, -0.2) is 37.5 Å². The van der Waals surface area contributed by atoms with E-state index in [0.717, 1.165) is 11.1 Å². The number of anilines is 1. The Hall–Kier alpha value is -3.42. The Labute approximate surface area is 207 Å². The van der Waals surface area contributed by atoms with Gasteiger partial charge in [0, 0.05) is 41.5 Å². The van der Waals surface area contributed by atoms with Crippen molar-refractivity contribution in [3.8, 4) is 17.2 Å². The molecule has 4 rings (SSSR count). The zero-order chi connectivity index (χ0) is 24.2. The molecule has 1 heterocycles. The zero-order valence-electron chi connectivity index (χ0n) is 18.6. The van der Waals surface area contributed by atoms with Crippen molar-refractivity contribution < 1.29 is 23.8 Å². The van der Waals surface area contributed by atoms with Crippen LogP contribution in [0.1, 0.15) is 21.5 Å². The average Bonchev–Trinajstić information content (AvgIpc) is 2.99. The number of benzene rings is 3. The Bertz CT molecular complexity index is 1250. The second-order valence-corrected chi connectivity index (χ2v) is 8.44. The van der Waals surface area contributed by atoms with E-state index in [4.69, 9.17) is 37.4 Å². The van der Waals surface area contributed by atoms with E-state index in [1.807, 2.05) is 12.1 Å². The molecule has 0 saturated heterocycles. The highest BCUT2D eigenvalue weighted by atomic mass is 35.5. The minimum absolute atomic E-state index is 0.0829. The molecular formula is C25H22Cl2N2O5. The third-order valence-electron chi connectivity index (χ3n) is 5.42. The van der Waals surface area contributed by atoms with Crippen molar-refractivity contribution in [3.63, 3.8) is 0 Å². The summed E-state index contributed by atoms with van der Waals surface area (Å²) >= 11 is 12.0. The fraction of sp³-hybridized carbons (Fsp3) is 0.200. The molecule has 0 aliphatic carbocycles. The van der Waals surface area contributed by atoms with Gasteiger partial charge in [-0.1, -0.05) is 23.2 Å². The average molecular weight is 501 g/mol. The van der Waals surface area contributed by atoms with Gasteiger partial charge < -0.3 is 24.4 Å². The number of fused-ring (bicyclic) bond motifs is 1. The van der Waals surface area contributed by atoms with Crippen LogP contribution in [0.25, 0.3) is 0 Å². The molecule has 0 saturated carbocycles. The molecule has 1 aliphatic heterocycles. The van der Waals surface area contributed by atoms with Crippen LogP contribution in [0.4, 0.5) is 5.69 Å². The minimum atomic E-state index is -0.330. The van der Waals surface area contributed by atoms with Gasteiger partial charge in [0.15, 0.2) is 6.61 Å². The highest BCUT2D eigenvalue weighted by Crippen LogP contribution is 2.31. The first-order chi connectivity index (χ1) is 16.4. The number of hydrogen-bond donors (Lipinski definition) is 1. The van der Waals surface area contributed by atoms with Crippen LogP contribution in [-0.2, 0) is 17.9 Å². The number of amides is 2. The maximum atomic E-state index is 12.8. The lowest BCUT2D eigenvalue weighted by Crippen LogP contribution is -2.32. The predicted molar refractivity (Wildman–Crippen MR) is 130 cm³/mol. The summed E-state index contributed by atoms with van der Waals surface area (Å²) in [6.07, 6.45) is 0. The monoisotopic (exact) mass is 500 g/mol. The first-order valence-electron chi connectivity index (χ1n) is 10.4. The van der Waals surface area contributed by atoms with Gasteiger partial charge in [0.25, 0.3) is 11.8 Å². The van der Waals surface area contributed by atoms with Crippen LogP contribution >= 0.6 is 23.2 Å². The maximum absolute atomic E-state index is 12.8. The molecular weight excluding hydrogens is 479 g/mol. The fourth-order valence-corrected chi connectivity index (χ4v) is 3.92. The fourth-order valence-electron chi connectivity index (χ4n) is 3.62. The summed E-state index contributed by atoms with van der Waals surface area (Å²) in [5.41, 5.74) is 2.55. The van der Waals surface area contributed by atoms with Crippen molar-refractivity contribution in [1.82, 2.24) is 4.90 Å². The van der Waals surface area contributed by atoms with E-state index in [2.05, 4.69) is 5.32 Å². The quantitative estimate of drug-likeness (QED) is 0.504. The summed E-state index contributed by atoms with van der Waals surface area (Å²) in [6.45, 7) is 0.551. The molecule has 3 aromatic rings. The van der Waals surface area contributed by atoms with Gasteiger partial charge in [-0.05, 0) is 48.5 Å². The van der Waals surface area contributed by atoms with Gasteiger partial charge in [-0.2, -0.15) is 0 Å². The number of nitrogens with zero attached hydrogens (tertiary/aromatic N) is 1. The lowest BCUT2D eigenvalue weighted by Gasteiger charge is -2.22. The normalized spacial score (nSPS) is 12.9. The van der Waals surface area contributed by atoms with Gasteiger partial charge in [-0.25, -0.2) is 0 Å². The largest absolute Gasteiger partial charge is 0.497 e. The topological polar surface area (TPSA) is 77.1 Å². The van der Waals surface area contributed by atoms with Crippen molar-refractivity contribution in [3.05, 3.63) is 81.3 Å². The molecule has 2 amide bonds. The number of carbonyl (C=O) groups is 2. The second-order valence-electron chi connectivity index (χ2n) is 7.62. The van der Waals surface area contributed by atoms with E-state index < -0.39 is 0 Å². The predicted octanol–water partition coefficient (Wildman–Crippen LogP) is 5.18. The molecule has 0 fully saturated rings. The van der Waals surface area contributed by atoms with E-state index >= 15 is 0 Å². The highest BCUT2D eigenvalue weighted by Gasteiger charge is 2.23. The van der Waals surface area contributed by atoms with Gasteiger partial charge in [-0.3, -0.25) is 9.59 Å². The number of rotatable bonds is 6.